The van der Waals surface area contributed by atoms with E-state index >= 15 is 0 Å². The summed E-state index contributed by atoms with van der Waals surface area (Å²) in [6, 6.07) is 6.89. The number of carbonyl (C=O) groups is 2. The van der Waals surface area contributed by atoms with E-state index in [2.05, 4.69) is 10.6 Å². The minimum absolute atomic E-state index is 0.0464. The van der Waals surface area contributed by atoms with Gasteiger partial charge >= 0.3 is 0 Å². The predicted octanol–water partition coefficient (Wildman–Crippen LogP) is 1.71. The van der Waals surface area contributed by atoms with Crippen LogP contribution in [0.25, 0.3) is 0 Å². The van der Waals surface area contributed by atoms with Crippen LogP contribution >= 0.6 is 0 Å². The van der Waals surface area contributed by atoms with Gasteiger partial charge < -0.3 is 16.4 Å². The maximum atomic E-state index is 11.6. The molecular weight excluding hydrogens is 230 g/mol. The van der Waals surface area contributed by atoms with Gasteiger partial charge in [0.05, 0.1) is 5.54 Å². The Morgan fingerprint density at radius 2 is 1.56 bits per heavy atom. The Kier molecular flexibility index (Phi) is 4.44. The van der Waals surface area contributed by atoms with E-state index in [0.717, 1.165) is 0 Å². The fourth-order valence-electron chi connectivity index (χ4n) is 1.18. The first-order chi connectivity index (χ1) is 8.32. The molecule has 98 valence electrons. The minimum atomic E-state index is -0.922. The molecule has 18 heavy (non-hydrogen) atoms. The number of rotatable bonds is 4. The third-order valence-corrected chi connectivity index (χ3v) is 2.33. The summed E-state index contributed by atoms with van der Waals surface area (Å²) in [5, 5.41) is 5.43. The molecular formula is C13H19N3O2. The molecule has 0 aliphatic heterocycles. The molecule has 0 aliphatic rings. The maximum absolute atomic E-state index is 11.6. The van der Waals surface area contributed by atoms with Gasteiger partial charge in [0.25, 0.3) is 0 Å². The smallest absolute Gasteiger partial charge is 0.243 e. The molecule has 0 atom stereocenters. The van der Waals surface area contributed by atoms with Crippen molar-refractivity contribution in [2.45, 2.75) is 32.7 Å². The van der Waals surface area contributed by atoms with Crippen LogP contribution in [0, 0.1) is 0 Å². The number of nitrogens with two attached hydrogens (primary N) is 1. The summed E-state index contributed by atoms with van der Waals surface area (Å²) in [7, 11) is 0. The van der Waals surface area contributed by atoms with E-state index in [1.807, 2.05) is 0 Å². The average molecular weight is 249 g/mol. The molecule has 0 saturated carbocycles. The van der Waals surface area contributed by atoms with Crippen LogP contribution in [0.4, 0.5) is 11.4 Å². The Morgan fingerprint density at radius 3 is 1.94 bits per heavy atom. The van der Waals surface area contributed by atoms with Gasteiger partial charge in [-0.15, -0.1) is 0 Å². The lowest BCUT2D eigenvalue weighted by Gasteiger charge is -2.17. The summed E-state index contributed by atoms with van der Waals surface area (Å²) in [6.07, 6.45) is 0.430. The number of hydrogen-bond donors (Lipinski definition) is 3. The summed E-state index contributed by atoms with van der Waals surface area (Å²) in [4.78, 5) is 22.8. The summed E-state index contributed by atoms with van der Waals surface area (Å²) in [5.41, 5.74) is 6.10. The SMILES string of the molecule is CCC(=O)Nc1ccc(NC(=O)C(C)(C)N)cc1. The number of benzene rings is 1. The zero-order chi connectivity index (χ0) is 13.8. The molecule has 0 aliphatic carbocycles. The van der Waals surface area contributed by atoms with Crippen molar-refractivity contribution in [3.63, 3.8) is 0 Å². The lowest BCUT2D eigenvalue weighted by atomic mass is 10.1. The molecule has 0 spiro atoms. The van der Waals surface area contributed by atoms with Crippen molar-refractivity contribution in [2.24, 2.45) is 5.73 Å². The van der Waals surface area contributed by atoms with Crippen LogP contribution in [0.5, 0.6) is 0 Å². The number of nitrogens with one attached hydrogen (secondary N) is 2. The highest BCUT2D eigenvalue weighted by atomic mass is 16.2. The molecule has 1 aromatic rings. The van der Waals surface area contributed by atoms with Crippen LogP contribution in [0.2, 0.25) is 0 Å². The molecule has 1 rings (SSSR count). The van der Waals surface area contributed by atoms with E-state index in [1.54, 1.807) is 45.0 Å². The second-order valence-corrected chi connectivity index (χ2v) is 4.65. The Labute approximate surface area is 107 Å². The number of carbonyl (C=O) groups excluding carboxylic acids is 2. The summed E-state index contributed by atoms with van der Waals surface area (Å²) in [6.45, 7) is 5.06. The van der Waals surface area contributed by atoms with Gasteiger partial charge in [0.15, 0.2) is 0 Å². The molecule has 0 radical (unpaired) electrons. The first-order valence-electron chi connectivity index (χ1n) is 5.83. The van der Waals surface area contributed by atoms with Crippen LogP contribution in [0.3, 0.4) is 0 Å². The van der Waals surface area contributed by atoms with Crippen LogP contribution in [0.15, 0.2) is 24.3 Å². The lowest BCUT2D eigenvalue weighted by Crippen LogP contribution is -2.45. The van der Waals surface area contributed by atoms with Gasteiger partial charge in [0, 0.05) is 17.8 Å². The van der Waals surface area contributed by atoms with Gasteiger partial charge in [-0.1, -0.05) is 6.92 Å². The highest BCUT2D eigenvalue weighted by molar-refractivity contribution is 5.97. The van der Waals surface area contributed by atoms with Crippen LogP contribution in [-0.4, -0.2) is 17.4 Å². The van der Waals surface area contributed by atoms with Crippen LogP contribution in [-0.2, 0) is 9.59 Å². The van der Waals surface area contributed by atoms with Gasteiger partial charge in [-0.2, -0.15) is 0 Å². The largest absolute Gasteiger partial charge is 0.326 e. The fraction of sp³-hybridized carbons (Fsp3) is 0.385. The highest BCUT2D eigenvalue weighted by Crippen LogP contribution is 2.14. The fourth-order valence-corrected chi connectivity index (χ4v) is 1.18. The third-order valence-electron chi connectivity index (χ3n) is 2.33. The second kappa shape index (κ2) is 5.64. The topological polar surface area (TPSA) is 84.2 Å². The first-order valence-corrected chi connectivity index (χ1v) is 5.83. The minimum Gasteiger partial charge on any atom is -0.326 e. The van der Waals surface area contributed by atoms with Crippen LogP contribution < -0.4 is 16.4 Å². The molecule has 0 aromatic heterocycles. The molecule has 0 heterocycles. The van der Waals surface area contributed by atoms with Crippen molar-refractivity contribution in [1.82, 2.24) is 0 Å². The standard InChI is InChI=1S/C13H19N3O2/c1-4-11(17)15-9-5-7-10(8-6-9)16-12(18)13(2,3)14/h5-8H,4,14H2,1-3H3,(H,15,17)(H,16,18). The van der Waals surface area contributed by atoms with Crippen molar-refractivity contribution < 1.29 is 9.59 Å². The van der Waals surface area contributed by atoms with Crippen molar-refractivity contribution >= 4 is 23.2 Å². The second-order valence-electron chi connectivity index (χ2n) is 4.65. The molecule has 0 fully saturated rings. The zero-order valence-electron chi connectivity index (χ0n) is 10.9. The van der Waals surface area contributed by atoms with E-state index in [1.165, 1.54) is 0 Å². The summed E-state index contributed by atoms with van der Waals surface area (Å²) >= 11 is 0. The van der Waals surface area contributed by atoms with Crippen molar-refractivity contribution in [3.8, 4) is 0 Å². The van der Waals surface area contributed by atoms with Gasteiger partial charge in [0.1, 0.15) is 0 Å². The zero-order valence-corrected chi connectivity index (χ0v) is 10.9. The Hall–Kier alpha value is -1.88. The van der Waals surface area contributed by atoms with E-state index in [-0.39, 0.29) is 11.8 Å². The molecule has 5 nitrogen and oxygen atoms in total. The van der Waals surface area contributed by atoms with Crippen molar-refractivity contribution in [2.75, 3.05) is 10.6 Å². The van der Waals surface area contributed by atoms with Crippen LogP contribution in [0.1, 0.15) is 27.2 Å². The van der Waals surface area contributed by atoms with E-state index in [9.17, 15) is 9.59 Å². The van der Waals surface area contributed by atoms with Gasteiger partial charge in [-0.25, -0.2) is 0 Å². The molecule has 0 saturated heterocycles. The van der Waals surface area contributed by atoms with E-state index in [0.29, 0.717) is 17.8 Å². The average Bonchev–Trinajstić information content (AvgIpc) is 2.30. The normalized spacial score (nSPS) is 10.9. The van der Waals surface area contributed by atoms with Gasteiger partial charge in [-0.3, -0.25) is 9.59 Å². The highest BCUT2D eigenvalue weighted by Gasteiger charge is 2.21. The molecule has 0 bridgehead atoms. The van der Waals surface area contributed by atoms with Gasteiger partial charge in [0.2, 0.25) is 11.8 Å². The third kappa shape index (κ3) is 4.18. The summed E-state index contributed by atoms with van der Waals surface area (Å²) < 4.78 is 0. The first kappa shape index (κ1) is 14.2. The Balaban J connectivity index is 2.66. The number of amides is 2. The molecule has 2 amide bonds. The van der Waals surface area contributed by atoms with Crippen molar-refractivity contribution in [3.05, 3.63) is 24.3 Å². The predicted molar refractivity (Wildman–Crippen MR) is 72.3 cm³/mol. The van der Waals surface area contributed by atoms with E-state index in [4.69, 9.17) is 5.73 Å². The number of anilines is 2. The monoisotopic (exact) mass is 249 g/mol. The molecule has 0 unspecified atom stereocenters. The quantitative estimate of drug-likeness (QED) is 0.759. The van der Waals surface area contributed by atoms with Gasteiger partial charge in [-0.05, 0) is 38.1 Å². The van der Waals surface area contributed by atoms with E-state index < -0.39 is 5.54 Å². The Bertz CT molecular complexity index is 433. The lowest BCUT2D eigenvalue weighted by molar-refractivity contribution is -0.120. The molecule has 1 aromatic carbocycles. The number of hydrogen-bond acceptors (Lipinski definition) is 3. The summed E-state index contributed by atoms with van der Waals surface area (Å²) in [5.74, 6) is -0.303. The van der Waals surface area contributed by atoms with Crippen molar-refractivity contribution in [1.29, 1.82) is 0 Å². The maximum Gasteiger partial charge on any atom is 0.243 e. The Morgan fingerprint density at radius 1 is 1.11 bits per heavy atom. The molecule has 5 heteroatoms. The molecule has 4 N–H and O–H groups in total.